The summed E-state index contributed by atoms with van der Waals surface area (Å²) in [5.74, 6) is 2.32. The highest BCUT2D eigenvalue weighted by molar-refractivity contribution is 6.59. The van der Waals surface area contributed by atoms with Crippen LogP contribution in [-0.2, 0) is 6.42 Å². The fourth-order valence-corrected chi connectivity index (χ4v) is 4.24. The van der Waals surface area contributed by atoms with Crippen molar-refractivity contribution < 1.29 is 39.0 Å². The van der Waals surface area contributed by atoms with Crippen LogP contribution in [0.25, 0.3) is 24.3 Å². The Labute approximate surface area is 259 Å². The van der Waals surface area contributed by atoms with E-state index in [4.69, 9.17) is 29.0 Å². The average Bonchev–Trinajstić information content (AvgIpc) is 3.06. The smallest absolute Gasteiger partial charge is 0.488 e. The SMILES string of the molecule is CCc1ccc(/C=C/c2cc(OC)cc(B(O)O)c2)cc1.COc1cc(/C=C/c2ccc(B(O)O)cc2)cc(OC)c1OC. The summed E-state index contributed by atoms with van der Waals surface area (Å²) < 4.78 is 21.1. The third-order valence-corrected chi connectivity index (χ3v) is 6.73. The van der Waals surface area contributed by atoms with Crippen LogP contribution in [-0.4, -0.2) is 62.8 Å². The number of hydrogen-bond acceptors (Lipinski definition) is 8. The molecule has 8 nitrogen and oxygen atoms in total. The molecule has 0 unspecified atom stereocenters. The standard InChI is InChI=1S/C17H19BO5.C17H19BO3/c1-21-15-10-13(11-16(22-2)17(15)23-3)5-4-12-6-8-14(9-7-12)18(19)20;1-3-13-4-6-14(7-5-13)8-9-15-10-16(18(19)20)12-17(11-15)21-2/h4-11,19-20H,1-3H3;4-12,19-20H,3H2,1-2H3/b5-4+;9-8+. The lowest BCUT2D eigenvalue weighted by atomic mass is 9.79. The molecule has 4 aromatic carbocycles. The molecule has 0 aromatic heterocycles. The van der Waals surface area contributed by atoms with Crippen molar-refractivity contribution in [2.75, 3.05) is 28.4 Å². The van der Waals surface area contributed by atoms with Crippen LogP contribution in [0.15, 0.2) is 78.9 Å². The second-order valence-corrected chi connectivity index (χ2v) is 9.67. The highest BCUT2D eigenvalue weighted by Crippen LogP contribution is 2.38. The maximum absolute atomic E-state index is 9.29. The molecule has 0 saturated heterocycles. The molecule has 0 atom stereocenters. The predicted molar refractivity (Wildman–Crippen MR) is 179 cm³/mol. The van der Waals surface area contributed by atoms with Gasteiger partial charge in [-0.25, -0.2) is 0 Å². The van der Waals surface area contributed by atoms with E-state index in [2.05, 4.69) is 31.2 Å². The van der Waals surface area contributed by atoms with Crippen LogP contribution in [0.1, 0.15) is 34.7 Å². The van der Waals surface area contributed by atoms with Crippen molar-refractivity contribution in [1.82, 2.24) is 0 Å². The lowest BCUT2D eigenvalue weighted by Crippen LogP contribution is -2.29. The monoisotopic (exact) mass is 596 g/mol. The summed E-state index contributed by atoms with van der Waals surface area (Å²) in [7, 11) is 3.31. The lowest BCUT2D eigenvalue weighted by molar-refractivity contribution is 0.324. The topological polar surface area (TPSA) is 118 Å². The zero-order valence-electron chi connectivity index (χ0n) is 25.6. The van der Waals surface area contributed by atoms with Gasteiger partial charge >= 0.3 is 14.2 Å². The summed E-state index contributed by atoms with van der Waals surface area (Å²) in [5, 5.41) is 36.7. The largest absolute Gasteiger partial charge is 0.497 e. The van der Waals surface area contributed by atoms with Crippen molar-refractivity contribution in [2.45, 2.75) is 13.3 Å². The quantitative estimate of drug-likeness (QED) is 0.153. The number of methoxy groups -OCH3 is 4. The molecule has 0 amide bonds. The van der Waals surface area contributed by atoms with Crippen LogP contribution in [0.4, 0.5) is 0 Å². The maximum atomic E-state index is 9.29. The molecule has 0 bridgehead atoms. The third-order valence-electron chi connectivity index (χ3n) is 6.73. The Morgan fingerprint density at radius 2 is 1.00 bits per heavy atom. The second kappa shape index (κ2) is 17.0. The highest BCUT2D eigenvalue weighted by atomic mass is 16.5. The Kier molecular flexibility index (Phi) is 13.1. The zero-order chi connectivity index (χ0) is 32.1. The molecule has 4 N–H and O–H groups in total. The molecule has 0 aliphatic rings. The minimum Gasteiger partial charge on any atom is -0.497 e. The third kappa shape index (κ3) is 9.79. The van der Waals surface area contributed by atoms with E-state index >= 15 is 0 Å². The Bertz CT molecular complexity index is 1510. The summed E-state index contributed by atoms with van der Waals surface area (Å²) >= 11 is 0. The Morgan fingerprint density at radius 1 is 0.523 bits per heavy atom. The van der Waals surface area contributed by atoms with Gasteiger partial charge < -0.3 is 39.0 Å². The zero-order valence-corrected chi connectivity index (χ0v) is 25.6. The van der Waals surface area contributed by atoms with Crippen molar-refractivity contribution in [2.24, 2.45) is 0 Å². The minimum absolute atomic E-state index is 0.412. The average molecular weight is 596 g/mol. The fraction of sp³-hybridized carbons (Fsp3) is 0.176. The number of aryl methyl sites for hydroxylation is 1. The molecule has 4 rings (SSSR count). The number of hydrogen-bond donors (Lipinski definition) is 4. The van der Waals surface area contributed by atoms with E-state index in [-0.39, 0.29) is 0 Å². The molecule has 0 spiro atoms. The van der Waals surface area contributed by atoms with E-state index in [1.54, 1.807) is 52.7 Å². The van der Waals surface area contributed by atoms with E-state index in [1.165, 1.54) is 5.56 Å². The molecular formula is C34H38B2O8. The molecule has 0 fully saturated rings. The van der Waals surface area contributed by atoms with Gasteiger partial charge in [-0.15, -0.1) is 0 Å². The van der Waals surface area contributed by atoms with Crippen LogP contribution in [0.2, 0.25) is 0 Å². The molecule has 0 saturated carbocycles. The van der Waals surface area contributed by atoms with E-state index < -0.39 is 14.2 Å². The van der Waals surface area contributed by atoms with E-state index in [1.807, 2.05) is 54.6 Å². The lowest BCUT2D eigenvalue weighted by Gasteiger charge is -2.12. The summed E-state index contributed by atoms with van der Waals surface area (Å²) in [6.07, 6.45) is 8.76. The van der Waals surface area contributed by atoms with Crippen LogP contribution < -0.4 is 29.9 Å². The molecule has 44 heavy (non-hydrogen) atoms. The number of ether oxygens (including phenoxy) is 4. The van der Waals surface area contributed by atoms with E-state index in [0.29, 0.717) is 33.9 Å². The molecule has 0 aliphatic heterocycles. The number of benzene rings is 4. The van der Waals surface area contributed by atoms with Crippen molar-refractivity contribution >= 4 is 49.5 Å². The Balaban J connectivity index is 0.000000241. The van der Waals surface area contributed by atoms with Gasteiger partial charge in [-0.2, -0.15) is 0 Å². The predicted octanol–water partition coefficient (Wildman–Crippen LogP) is 3.67. The second-order valence-electron chi connectivity index (χ2n) is 9.67. The van der Waals surface area contributed by atoms with Gasteiger partial charge in [-0.05, 0) is 69.4 Å². The van der Waals surface area contributed by atoms with Crippen LogP contribution in [0.3, 0.4) is 0 Å². The Hall–Kier alpha value is -4.47. The Morgan fingerprint density at radius 3 is 1.43 bits per heavy atom. The van der Waals surface area contributed by atoms with Crippen LogP contribution in [0, 0.1) is 0 Å². The molecule has 0 aliphatic carbocycles. The van der Waals surface area contributed by atoms with Gasteiger partial charge in [0.2, 0.25) is 5.75 Å². The van der Waals surface area contributed by atoms with E-state index in [9.17, 15) is 10.0 Å². The van der Waals surface area contributed by atoms with Gasteiger partial charge in [0.25, 0.3) is 0 Å². The van der Waals surface area contributed by atoms with Crippen molar-refractivity contribution in [1.29, 1.82) is 0 Å². The molecule has 4 aromatic rings. The van der Waals surface area contributed by atoms with Gasteiger partial charge in [-0.3, -0.25) is 0 Å². The molecule has 10 heteroatoms. The van der Waals surface area contributed by atoms with Crippen molar-refractivity contribution in [3.05, 3.63) is 107 Å². The first-order chi connectivity index (χ1) is 21.2. The molecule has 228 valence electrons. The van der Waals surface area contributed by atoms with Crippen LogP contribution >= 0.6 is 0 Å². The molecular weight excluding hydrogens is 558 g/mol. The first-order valence-electron chi connectivity index (χ1n) is 14.0. The first-order valence-corrected chi connectivity index (χ1v) is 14.0. The van der Waals surface area contributed by atoms with E-state index in [0.717, 1.165) is 28.7 Å². The van der Waals surface area contributed by atoms with Crippen LogP contribution in [0.5, 0.6) is 23.0 Å². The summed E-state index contributed by atoms with van der Waals surface area (Å²) in [6, 6.07) is 24.2. The normalized spacial score (nSPS) is 10.8. The van der Waals surface area contributed by atoms with Crippen molar-refractivity contribution in [3.8, 4) is 23.0 Å². The van der Waals surface area contributed by atoms with Gasteiger partial charge in [0.05, 0.1) is 28.4 Å². The fourth-order valence-electron chi connectivity index (χ4n) is 4.24. The van der Waals surface area contributed by atoms with Gasteiger partial charge in [0.1, 0.15) is 5.75 Å². The van der Waals surface area contributed by atoms with Gasteiger partial charge in [-0.1, -0.05) is 85.8 Å². The van der Waals surface area contributed by atoms with Crippen molar-refractivity contribution in [3.63, 3.8) is 0 Å². The summed E-state index contributed by atoms with van der Waals surface area (Å²) in [4.78, 5) is 0. The summed E-state index contributed by atoms with van der Waals surface area (Å²) in [6.45, 7) is 2.13. The molecule has 0 heterocycles. The molecule has 0 radical (unpaired) electrons. The van der Waals surface area contributed by atoms with Gasteiger partial charge in [0.15, 0.2) is 11.5 Å². The highest BCUT2D eigenvalue weighted by Gasteiger charge is 2.13. The maximum Gasteiger partial charge on any atom is 0.488 e. The number of rotatable bonds is 11. The summed E-state index contributed by atoms with van der Waals surface area (Å²) in [5.41, 5.74) is 5.96. The minimum atomic E-state index is -1.50. The van der Waals surface area contributed by atoms with Gasteiger partial charge in [0, 0.05) is 0 Å². The first kappa shape index (κ1) is 34.0.